The lowest BCUT2D eigenvalue weighted by atomic mass is 9.97. The largest absolute Gasteiger partial charge is 0.0990 e. The highest BCUT2D eigenvalue weighted by molar-refractivity contribution is 6.08. The SMILES string of the molecule is C.C=C/C=c1\c(=C/C)c2ccccc2c2ccccc12.CC. The Bertz CT molecular complexity index is 883. The number of benzene rings is 3. The molecule has 0 amide bonds. The first kappa shape index (κ1) is 17.7. The lowest BCUT2D eigenvalue weighted by molar-refractivity contribution is 1.50. The van der Waals surface area contributed by atoms with Gasteiger partial charge in [-0.25, -0.2) is 0 Å². The Hall–Kier alpha value is -2.34. The second-order valence-electron chi connectivity index (χ2n) is 4.61. The van der Waals surface area contributed by atoms with Crippen molar-refractivity contribution in [1.29, 1.82) is 0 Å². The van der Waals surface area contributed by atoms with Crippen LogP contribution in [-0.2, 0) is 0 Å². The van der Waals surface area contributed by atoms with Crippen molar-refractivity contribution in [3.05, 3.63) is 71.6 Å². The first-order valence-electron chi connectivity index (χ1n) is 7.55. The molecule has 0 atom stereocenters. The average Bonchev–Trinajstić information content (AvgIpc) is 2.57. The molecule has 0 unspecified atom stereocenters. The van der Waals surface area contributed by atoms with Crippen molar-refractivity contribution in [2.45, 2.75) is 28.2 Å². The van der Waals surface area contributed by atoms with E-state index in [-0.39, 0.29) is 7.43 Å². The summed E-state index contributed by atoms with van der Waals surface area (Å²) < 4.78 is 0. The Balaban J connectivity index is 0.000000775. The third kappa shape index (κ3) is 2.96. The zero-order valence-corrected chi connectivity index (χ0v) is 13.1. The number of hydrogen-bond acceptors (Lipinski definition) is 0. The monoisotopic (exact) mass is 290 g/mol. The third-order valence-corrected chi connectivity index (χ3v) is 3.59. The molecule has 0 radical (unpaired) electrons. The highest BCUT2D eigenvalue weighted by Gasteiger charge is 2.03. The maximum atomic E-state index is 3.85. The van der Waals surface area contributed by atoms with Crippen LogP contribution < -0.4 is 10.4 Å². The normalized spacial score (nSPS) is 11.8. The van der Waals surface area contributed by atoms with Crippen LogP contribution in [0.1, 0.15) is 28.2 Å². The molecule has 3 aromatic carbocycles. The molecule has 0 aromatic heterocycles. The van der Waals surface area contributed by atoms with Crippen molar-refractivity contribution >= 4 is 33.7 Å². The van der Waals surface area contributed by atoms with Crippen LogP contribution in [0.3, 0.4) is 0 Å². The van der Waals surface area contributed by atoms with Crippen LogP contribution >= 0.6 is 0 Å². The van der Waals surface area contributed by atoms with E-state index in [0.717, 1.165) is 0 Å². The summed E-state index contributed by atoms with van der Waals surface area (Å²) in [6.07, 6.45) is 6.15. The molecule has 0 N–H and O–H groups in total. The molecule has 0 heteroatoms. The molecule has 0 aliphatic carbocycles. The molecule has 0 spiro atoms. The van der Waals surface area contributed by atoms with Crippen LogP contribution in [-0.4, -0.2) is 0 Å². The van der Waals surface area contributed by atoms with Crippen molar-refractivity contribution in [3.8, 4) is 0 Å². The minimum Gasteiger partial charge on any atom is -0.0990 e. The van der Waals surface area contributed by atoms with Gasteiger partial charge in [-0.3, -0.25) is 0 Å². The third-order valence-electron chi connectivity index (χ3n) is 3.59. The van der Waals surface area contributed by atoms with Crippen LogP contribution in [0.15, 0.2) is 61.2 Å². The van der Waals surface area contributed by atoms with Gasteiger partial charge >= 0.3 is 0 Å². The zero-order valence-electron chi connectivity index (χ0n) is 13.1. The lowest BCUT2D eigenvalue weighted by Gasteiger charge is -2.06. The Morgan fingerprint density at radius 1 is 0.727 bits per heavy atom. The van der Waals surface area contributed by atoms with E-state index in [1.807, 2.05) is 19.9 Å². The summed E-state index contributed by atoms with van der Waals surface area (Å²) in [5.74, 6) is 0. The molecule has 0 nitrogen and oxygen atoms in total. The van der Waals surface area contributed by atoms with Gasteiger partial charge in [-0.1, -0.05) is 94.6 Å². The van der Waals surface area contributed by atoms with E-state index in [0.29, 0.717) is 0 Å². The van der Waals surface area contributed by atoms with E-state index in [9.17, 15) is 0 Å². The molecule has 0 heterocycles. The highest BCUT2D eigenvalue weighted by atomic mass is 14.1. The summed E-state index contributed by atoms with van der Waals surface area (Å²) in [5, 5.41) is 7.75. The first-order valence-corrected chi connectivity index (χ1v) is 7.55. The van der Waals surface area contributed by atoms with Gasteiger partial charge in [-0.15, -0.1) is 0 Å². The fraction of sp³-hybridized carbons (Fsp3) is 0.182. The molecule has 0 aliphatic heterocycles. The van der Waals surface area contributed by atoms with Gasteiger partial charge in [0.1, 0.15) is 0 Å². The first-order chi connectivity index (χ1) is 10.4. The maximum absolute atomic E-state index is 3.85. The van der Waals surface area contributed by atoms with Gasteiger partial charge in [0.2, 0.25) is 0 Å². The Kier molecular flexibility index (Phi) is 6.59. The quantitative estimate of drug-likeness (QED) is 0.525. The zero-order chi connectivity index (χ0) is 15.2. The molecular formula is C22H26. The maximum Gasteiger partial charge on any atom is -0.00990 e. The number of allylic oxidation sites excluding steroid dienone is 1. The van der Waals surface area contributed by atoms with E-state index < -0.39 is 0 Å². The lowest BCUT2D eigenvalue weighted by Crippen LogP contribution is -2.26. The molecule has 0 aliphatic rings. The molecule has 0 saturated heterocycles. The van der Waals surface area contributed by atoms with E-state index in [4.69, 9.17) is 0 Å². The van der Waals surface area contributed by atoms with Gasteiger partial charge in [0.05, 0.1) is 0 Å². The molecule has 3 aromatic rings. The Labute approximate surface area is 134 Å². The van der Waals surface area contributed by atoms with Gasteiger partial charge in [-0.2, -0.15) is 0 Å². The fourth-order valence-corrected chi connectivity index (χ4v) is 2.80. The Morgan fingerprint density at radius 2 is 1.14 bits per heavy atom. The summed E-state index contributed by atoms with van der Waals surface area (Å²) in [6.45, 7) is 9.94. The van der Waals surface area contributed by atoms with Crippen molar-refractivity contribution < 1.29 is 0 Å². The molecule has 22 heavy (non-hydrogen) atoms. The second-order valence-corrected chi connectivity index (χ2v) is 4.61. The summed E-state index contributed by atoms with van der Waals surface area (Å²) in [5.41, 5.74) is 0. The van der Waals surface area contributed by atoms with Crippen molar-refractivity contribution in [2.75, 3.05) is 0 Å². The predicted molar refractivity (Wildman–Crippen MR) is 104 cm³/mol. The average molecular weight is 290 g/mol. The smallest absolute Gasteiger partial charge is 0.00990 e. The minimum absolute atomic E-state index is 0. The summed E-state index contributed by atoms with van der Waals surface area (Å²) in [6, 6.07) is 17.2. The van der Waals surface area contributed by atoms with Crippen molar-refractivity contribution in [2.24, 2.45) is 0 Å². The van der Waals surface area contributed by atoms with E-state index in [2.05, 4.69) is 74.2 Å². The summed E-state index contributed by atoms with van der Waals surface area (Å²) in [4.78, 5) is 0. The van der Waals surface area contributed by atoms with Crippen molar-refractivity contribution in [3.63, 3.8) is 0 Å². The summed E-state index contributed by atoms with van der Waals surface area (Å²) >= 11 is 0. The van der Waals surface area contributed by atoms with E-state index in [1.165, 1.54) is 32.0 Å². The van der Waals surface area contributed by atoms with E-state index >= 15 is 0 Å². The van der Waals surface area contributed by atoms with Crippen LogP contribution in [0.25, 0.3) is 33.7 Å². The molecule has 114 valence electrons. The highest BCUT2D eigenvalue weighted by Crippen LogP contribution is 2.19. The van der Waals surface area contributed by atoms with Gasteiger partial charge < -0.3 is 0 Å². The molecule has 0 fully saturated rings. The minimum atomic E-state index is 0. The Morgan fingerprint density at radius 3 is 1.55 bits per heavy atom. The van der Waals surface area contributed by atoms with E-state index in [1.54, 1.807) is 0 Å². The second kappa shape index (κ2) is 8.19. The number of hydrogen-bond donors (Lipinski definition) is 0. The van der Waals surface area contributed by atoms with Gasteiger partial charge in [0.25, 0.3) is 0 Å². The molecular weight excluding hydrogens is 264 g/mol. The predicted octanol–water partition coefficient (Wildman–Crippen LogP) is 5.42. The van der Waals surface area contributed by atoms with Gasteiger partial charge in [-0.05, 0) is 38.9 Å². The molecule has 0 bridgehead atoms. The molecule has 0 saturated carbocycles. The van der Waals surface area contributed by atoms with Crippen LogP contribution in [0, 0.1) is 0 Å². The summed E-state index contributed by atoms with van der Waals surface area (Å²) in [7, 11) is 0. The van der Waals surface area contributed by atoms with Gasteiger partial charge in [0.15, 0.2) is 0 Å². The van der Waals surface area contributed by atoms with Crippen LogP contribution in [0.2, 0.25) is 0 Å². The number of fused-ring (bicyclic) bond motifs is 3. The van der Waals surface area contributed by atoms with Crippen LogP contribution in [0.4, 0.5) is 0 Å². The topological polar surface area (TPSA) is 0 Å². The standard InChI is InChI=1S/C19H16.C2H6.CH4/c1-3-9-15-14(4-2)16-10-5-6-12-18(16)19-13-8-7-11-17(15)19;1-2;/h3-13H,1H2,2H3;1-2H3;1H4/b14-4+,15-9+;;. The van der Waals surface area contributed by atoms with Gasteiger partial charge in [0, 0.05) is 0 Å². The van der Waals surface area contributed by atoms with Crippen LogP contribution in [0.5, 0.6) is 0 Å². The van der Waals surface area contributed by atoms with Crippen molar-refractivity contribution in [1.82, 2.24) is 0 Å². The molecule has 3 rings (SSSR count). The fourth-order valence-electron chi connectivity index (χ4n) is 2.80. The number of rotatable bonds is 1.